The summed E-state index contributed by atoms with van der Waals surface area (Å²) in [6.07, 6.45) is 6.28. The minimum Gasteiger partial charge on any atom is -0.496 e. The number of aromatic amines is 1. The Morgan fingerprint density at radius 2 is 2.06 bits per heavy atom. The number of ether oxygens (including phenoxy) is 1. The van der Waals surface area contributed by atoms with Gasteiger partial charge in [-0.1, -0.05) is 26.8 Å². The molecule has 1 aliphatic rings. The third-order valence-electron chi connectivity index (χ3n) is 6.26. The maximum absolute atomic E-state index is 14.0. The van der Waals surface area contributed by atoms with Gasteiger partial charge in [0.05, 0.1) is 7.11 Å². The van der Waals surface area contributed by atoms with E-state index in [9.17, 15) is 14.3 Å². The van der Waals surface area contributed by atoms with E-state index >= 15 is 0 Å². The number of hydrogen-bond donors (Lipinski definition) is 3. The molecule has 0 radical (unpaired) electrons. The Morgan fingerprint density at radius 1 is 1.27 bits per heavy atom. The van der Waals surface area contributed by atoms with Crippen LogP contribution < -0.4 is 10.1 Å². The number of benzene rings is 1. The van der Waals surface area contributed by atoms with Crippen molar-refractivity contribution in [2.45, 2.75) is 52.1 Å². The second-order valence-electron chi connectivity index (χ2n) is 9.65. The van der Waals surface area contributed by atoms with Crippen LogP contribution in [0.5, 0.6) is 5.75 Å². The number of nitrogens with one attached hydrogen (secondary N) is 2. The van der Waals surface area contributed by atoms with Crippen molar-refractivity contribution >= 4 is 22.6 Å². The molecule has 0 spiro atoms. The lowest BCUT2D eigenvalue weighted by atomic mass is 9.84. The number of aliphatic carboxylic acids is 1. The van der Waals surface area contributed by atoms with Gasteiger partial charge >= 0.3 is 5.97 Å². The van der Waals surface area contributed by atoms with Gasteiger partial charge in [0, 0.05) is 28.9 Å². The highest BCUT2D eigenvalue weighted by Crippen LogP contribution is 2.37. The summed E-state index contributed by atoms with van der Waals surface area (Å²) in [7, 11) is 1.57. The minimum absolute atomic E-state index is 0.115. The molecule has 33 heavy (non-hydrogen) atoms. The number of fused-ring (bicyclic) bond motifs is 1. The van der Waals surface area contributed by atoms with Crippen LogP contribution in [0.25, 0.3) is 27.7 Å². The predicted molar refractivity (Wildman–Crippen MR) is 128 cm³/mol. The number of methoxy groups -OCH3 is 1. The van der Waals surface area contributed by atoms with Crippen LogP contribution in [0.15, 0.2) is 42.6 Å². The summed E-state index contributed by atoms with van der Waals surface area (Å²) < 4.78 is 19.4. The number of allylic oxidation sites excluding steroid dienone is 1. The van der Waals surface area contributed by atoms with Gasteiger partial charge in [0.2, 0.25) is 0 Å². The normalized spacial score (nSPS) is 17.6. The lowest BCUT2D eigenvalue weighted by molar-refractivity contribution is -0.142. The molecule has 6 nitrogen and oxygen atoms in total. The van der Waals surface area contributed by atoms with E-state index in [1.54, 1.807) is 19.4 Å². The second kappa shape index (κ2) is 8.98. The van der Waals surface area contributed by atoms with Gasteiger partial charge in [-0.15, -0.1) is 0 Å². The summed E-state index contributed by atoms with van der Waals surface area (Å²) in [6.45, 7) is 5.81. The topological polar surface area (TPSA) is 87.2 Å². The fourth-order valence-corrected chi connectivity index (χ4v) is 4.48. The van der Waals surface area contributed by atoms with Gasteiger partial charge in [0.25, 0.3) is 0 Å². The zero-order valence-electron chi connectivity index (χ0n) is 19.4. The van der Waals surface area contributed by atoms with Gasteiger partial charge in [0.15, 0.2) is 0 Å². The Kier molecular flexibility index (Phi) is 6.26. The molecule has 3 N–H and O–H groups in total. The average Bonchev–Trinajstić information content (AvgIpc) is 3.21. The zero-order valence-corrected chi connectivity index (χ0v) is 19.4. The van der Waals surface area contributed by atoms with Crippen molar-refractivity contribution in [3.05, 3.63) is 54.1 Å². The summed E-state index contributed by atoms with van der Waals surface area (Å²) in [5, 5.41) is 13.8. The van der Waals surface area contributed by atoms with Gasteiger partial charge < -0.3 is 20.1 Å². The molecule has 2 heterocycles. The first-order chi connectivity index (χ1) is 15.7. The predicted octanol–water partition coefficient (Wildman–Crippen LogP) is 5.40. The first kappa shape index (κ1) is 23.0. The molecule has 0 amide bonds. The second-order valence-corrected chi connectivity index (χ2v) is 9.65. The van der Waals surface area contributed by atoms with Gasteiger partial charge in [-0.05, 0) is 66.1 Å². The third-order valence-corrected chi connectivity index (χ3v) is 6.26. The number of nitrogens with zero attached hydrogens (tertiary/aromatic N) is 1. The highest BCUT2D eigenvalue weighted by Gasteiger charge is 2.33. The molecule has 0 fully saturated rings. The number of hydrogen-bond acceptors (Lipinski definition) is 4. The number of carboxylic acid groups (broad SMARTS) is 1. The molecule has 0 saturated heterocycles. The number of pyridine rings is 1. The molecular formula is C26H30FN3O3. The number of H-pyrrole nitrogens is 1. The van der Waals surface area contributed by atoms with E-state index in [2.05, 4.69) is 27.4 Å². The highest BCUT2D eigenvalue weighted by molar-refractivity contribution is 5.96. The van der Waals surface area contributed by atoms with Crippen molar-refractivity contribution in [2.75, 3.05) is 7.11 Å². The highest BCUT2D eigenvalue weighted by atomic mass is 19.1. The summed E-state index contributed by atoms with van der Waals surface area (Å²) in [5.74, 6) is -0.543. The van der Waals surface area contributed by atoms with Gasteiger partial charge in [0.1, 0.15) is 23.3 Å². The molecular weight excluding hydrogens is 421 g/mol. The Labute approximate surface area is 192 Å². The van der Waals surface area contributed by atoms with E-state index in [0.29, 0.717) is 11.3 Å². The zero-order chi connectivity index (χ0) is 23.8. The molecule has 4 rings (SSSR count). The lowest BCUT2D eigenvalue weighted by Crippen LogP contribution is -2.51. The Balaban J connectivity index is 1.60. The minimum atomic E-state index is -0.820. The molecule has 1 aromatic carbocycles. The Morgan fingerprint density at radius 3 is 2.70 bits per heavy atom. The molecule has 7 heteroatoms. The molecule has 1 unspecified atom stereocenters. The number of rotatable bonds is 6. The Bertz CT molecular complexity index is 1210. The largest absolute Gasteiger partial charge is 0.496 e. The van der Waals surface area contributed by atoms with Gasteiger partial charge in [-0.3, -0.25) is 4.79 Å². The number of aromatic nitrogens is 2. The number of carboxylic acids is 1. The summed E-state index contributed by atoms with van der Waals surface area (Å²) in [4.78, 5) is 19.6. The molecule has 3 aromatic rings. The summed E-state index contributed by atoms with van der Waals surface area (Å²) >= 11 is 0. The van der Waals surface area contributed by atoms with Crippen molar-refractivity contribution in [3.63, 3.8) is 0 Å². The van der Waals surface area contributed by atoms with Crippen LogP contribution in [0, 0.1) is 11.2 Å². The molecule has 0 aliphatic heterocycles. The van der Waals surface area contributed by atoms with Crippen molar-refractivity contribution in [3.8, 4) is 16.9 Å². The first-order valence-electron chi connectivity index (χ1n) is 11.2. The quantitative estimate of drug-likeness (QED) is 0.467. The van der Waals surface area contributed by atoms with E-state index in [1.807, 2.05) is 26.8 Å². The number of halogens is 1. The van der Waals surface area contributed by atoms with Gasteiger partial charge in [-0.25, -0.2) is 9.37 Å². The SMILES string of the molecule is COc1ccc(F)cc1-c1ccnc2[nH]c(C3=CCC(N[C@H](C(=O)O)C(C)(C)C)CC3)cc12. The van der Waals surface area contributed by atoms with Crippen LogP contribution in [0.3, 0.4) is 0 Å². The summed E-state index contributed by atoms with van der Waals surface area (Å²) in [5.41, 5.74) is 4.04. The molecule has 2 aromatic heterocycles. The molecule has 0 bridgehead atoms. The van der Waals surface area contributed by atoms with E-state index in [0.717, 1.165) is 41.6 Å². The van der Waals surface area contributed by atoms with Crippen LogP contribution in [-0.4, -0.2) is 40.2 Å². The standard InChI is InChI=1S/C26H30FN3O3/c1-26(2,3)23(25(31)32)29-17-8-5-15(6-9-17)21-14-20-18(11-12-28-24(20)30-21)19-13-16(27)7-10-22(19)33-4/h5,7,10-14,17,23,29H,6,8-9H2,1-4H3,(H,28,30)(H,31,32)/t17?,23-/m1/s1. The fourth-order valence-electron chi connectivity index (χ4n) is 4.48. The van der Waals surface area contributed by atoms with Crippen LogP contribution in [0.2, 0.25) is 0 Å². The lowest BCUT2D eigenvalue weighted by Gasteiger charge is -2.33. The molecule has 2 atom stereocenters. The first-order valence-corrected chi connectivity index (χ1v) is 11.2. The van der Waals surface area contributed by atoms with E-state index < -0.39 is 12.0 Å². The average molecular weight is 452 g/mol. The van der Waals surface area contributed by atoms with Gasteiger partial charge in [-0.2, -0.15) is 0 Å². The van der Waals surface area contributed by atoms with Crippen LogP contribution >= 0.6 is 0 Å². The van der Waals surface area contributed by atoms with E-state index in [-0.39, 0.29) is 17.3 Å². The number of carbonyl (C=O) groups is 1. The monoisotopic (exact) mass is 451 g/mol. The van der Waals surface area contributed by atoms with Crippen LogP contribution in [-0.2, 0) is 4.79 Å². The maximum atomic E-state index is 14.0. The van der Waals surface area contributed by atoms with Crippen molar-refractivity contribution < 1.29 is 19.0 Å². The van der Waals surface area contributed by atoms with Crippen LogP contribution in [0.4, 0.5) is 4.39 Å². The van der Waals surface area contributed by atoms with Crippen molar-refractivity contribution in [2.24, 2.45) is 5.41 Å². The molecule has 0 saturated carbocycles. The molecule has 174 valence electrons. The fraction of sp³-hybridized carbons (Fsp3) is 0.385. The Hall–Kier alpha value is -3.19. The maximum Gasteiger partial charge on any atom is 0.321 e. The third kappa shape index (κ3) is 4.78. The van der Waals surface area contributed by atoms with E-state index in [4.69, 9.17) is 4.74 Å². The smallest absolute Gasteiger partial charge is 0.321 e. The van der Waals surface area contributed by atoms with Crippen molar-refractivity contribution in [1.29, 1.82) is 0 Å². The van der Waals surface area contributed by atoms with Crippen LogP contribution in [0.1, 0.15) is 45.7 Å². The van der Waals surface area contributed by atoms with E-state index in [1.165, 1.54) is 17.7 Å². The molecule has 1 aliphatic carbocycles. The summed E-state index contributed by atoms with van der Waals surface area (Å²) in [6, 6.07) is 7.92. The van der Waals surface area contributed by atoms with Crippen molar-refractivity contribution in [1.82, 2.24) is 15.3 Å².